The summed E-state index contributed by atoms with van der Waals surface area (Å²) in [6.45, 7) is 7.74. The molecule has 0 N–H and O–H groups in total. The number of fused-ring (bicyclic) bond motifs is 6. The van der Waals surface area contributed by atoms with E-state index in [0.29, 0.717) is 28.7 Å². The molecule has 10 rings (SSSR count). The minimum Gasteiger partial charge on any atom is -0.455 e. The van der Waals surface area contributed by atoms with Gasteiger partial charge in [-0.3, -0.25) is 0 Å². The molecule has 0 fully saturated rings. The SMILES string of the molecule is [C-]#[N+]c1ccc2c(c1)c1cc(C#N)ccc1n2-c1ccc(-c2cccc3c2oc2ccccc23)cc1-c1nc(-c2ccccc2)nc(-c2ccccc2)n1. The lowest BCUT2D eigenvalue weighted by Gasteiger charge is -2.16. The second-order valence-electron chi connectivity index (χ2n) is 13.0. The van der Waals surface area contributed by atoms with Crippen molar-refractivity contribution in [2.45, 2.75) is 0 Å². The van der Waals surface area contributed by atoms with Crippen molar-refractivity contribution in [2.75, 3.05) is 0 Å². The molecule has 7 aromatic carbocycles. The van der Waals surface area contributed by atoms with Gasteiger partial charge in [0, 0.05) is 38.4 Å². The van der Waals surface area contributed by atoms with E-state index < -0.39 is 0 Å². The van der Waals surface area contributed by atoms with E-state index in [9.17, 15) is 5.26 Å². The first-order valence-corrected chi connectivity index (χ1v) is 17.4. The highest BCUT2D eigenvalue weighted by Crippen LogP contribution is 2.41. The summed E-state index contributed by atoms with van der Waals surface area (Å²) in [6.07, 6.45) is 0. The molecule has 7 heteroatoms. The molecule has 0 saturated heterocycles. The summed E-state index contributed by atoms with van der Waals surface area (Å²) in [5.41, 5.74) is 9.70. The summed E-state index contributed by atoms with van der Waals surface area (Å²) in [7, 11) is 0. The van der Waals surface area contributed by atoms with Gasteiger partial charge < -0.3 is 8.98 Å². The number of benzene rings is 7. The molecular formula is C47H26N6O. The number of nitriles is 1. The Balaban J connectivity index is 1.31. The van der Waals surface area contributed by atoms with Gasteiger partial charge in [-0.15, -0.1) is 0 Å². The molecule has 250 valence electrons. The number of nitrogens with zero attached hydrogens (tertiary/aromatic N) is 6. The highest BCUT2D eigenvalue weighted by Gasteiger charge is 2.22. The molecule has 0 unspecified atom stereocenters. The number of rotatable bonds is 5. The Morgan fingerprint density at radius 3 is 1.91 bits per heavy atom. The number of hydrogen-bond donors (Lipinski definition) is 0. The summed E-state index contributed by atoms with van der Waals surface area (Å²) in [5, 5.41) is 13.7. The highest BCUT2D eigenvalue weighted by molar-refractivity contribution is 6.12. The smallest absolute Gasteiger partial charge is 0.188 e. The van der Waals surface area contributed by atoms with Gasteiger partial charge in [-0.1, -0.05) is 109 Å². The third-order valence-electron chi connectivity index (χ3n) is 9.90. The number of para-hydroxylation sites is 2. The first kappa shape index (κ1) is 30.9. The lowest BCUT2D eigenvalue weighted by Crippen LogP contribution is -2.04. The zero-order valence-electron chi connectivity index (χ0n) is 28.6. The molecule has 10 aromatic rings. The van der Waals surface area contributed by atoms with E-state index in [2.05, 4.69) is 57.9 Å². The standard InChI is InChI=1S/C47H26N6O/c1-49-33-21-24-41-38(27-33)37-25-29(28-48)19-22-40(37)53(41)42-23-20-32(34-16-10-17-36-35-15-8-9-18-43(35)54-44(34)36)26-39(42)47-51-45(30-11-4-2-5-12-30)50-46(52-47)31-13-6-3-7-14-31/h2-27H. The van der Waals surface area contributed by atoms with Crippen molar-refractivity contribution in [3.63, 3.8) is 0 Å². The maximum absolute atomic E-state index is 9.85. The summed E-state index contributed by atoms with van der Waals surface area (Å²) >= 11 is 0. The predicted octanol–water partition coefficient (Wildman–Crippen LogP) is 12.0. The molecule has 3 heterocycles. The molecular weight excluding hydrogens is 665 g/mol. The van der Waals surface area contributed by atoms with Crippen LogP contribution in [0.3, 0.4) is 0 Å². The van der Waals surface area contributed by atoms with Gasteiger partial charge in [0.2, 0.25) is 0 Å². The number of furan rings is 1. The summed E-state index contributed by atoms with van der Waals surface area (Å²) < 4.78 is 8.68. The summed E-state index contributed by atoms with van der Waals surface area (Å²) in [5.74, 6) is 1.60. The Morgan fingerprint density at radius 2 is 1.19 bits per heavy atom. The molecule has 7 nitrogen and oxygen atoms in total. The zero-order chi connectivity index (χ0) is 36.2. The molecule has 54 heavy (non-hydrogen) atoms. The number of aromatic nitrogens is 4. The molecule has 0 aliphatic carbocycles. The Bertz CT molecular complexity index is 3060. The van der Waals surface area contributed by atoms with Gasteiger partial charge >= 0.3 is 0 Å². The third kappa shape index (κ3) is 5.00. The van der Waals surface area contributed by atoms with Crippen molar-refractivity contribution in [1.29, 1.82) is 5.26 Å². The Hall–Kier alpha value is -7.87. The van der Waals surface area contributed by atoms with Crippen LogP contribution in [0.15, 0.2) is 162 Å². The van der Waals surface area contributed by atoms with Crippen LogP contribution in [0, 0.1) is 17.9 Å². The van der Waals surface area contributed by atoms with Crippen LogP contribution in [0.4, 0.5) is 5.69 Å². The van der Waals surface area contributed by atoms with Crippen molar-refractivity contribution in [3.8, 4) is 57.0 Å². The van der Waals surface area contributed by atoms with Gasteiger partial charge in [0.15, 0.2) is 23.2 Å². The fourth-order valence-corrected chi connectivity index (χ4v) is 7.39. The van der Waals surface area contributed by atoms with Crippen LogP contribution in [0.2, 0.25) is 0 Å². The summed E-state index contributed by atoms with van der Waals surface area (Å²) in [4.78, 5) is 19.0. The fraction of sp³-hybridized carbons (Fsp3) is 0. The van der Waals surface area contributed by atoms with Gasteiger partial charge in [-0.2, -0.15) is 5.26 Å². The van der Waals surface area contributed by atoms with Crippen molar-refractivity contribution in [1.82, 2.24) is 19.5 Å². The monoisotopic (exact) mass is 690 g/mol. The van der Waals surface area contributed by atoms with Gasteiger partial charge in [-0.25, -0.2) is 19.8 Å². The molecule has 0 aliphatic rings. The van der Waals surface area contributed by atoms with E-state index >= 15 is 0 Å². The van der Waals surface area contributed by atoms with Crippen molar-refractivity contribution in [3.05, 3.63) is 175 Å². The zero-order valence-corrected chi connectivity index (χ0v) is 28.6. The first-order valence-electron chi connectivity index (χ1n) is 17.4. The van der Waals surface area contributed by atoms with Crippen LogP contribution in [0.25, 0.3) is 99.6 Å². The van der Waals surface area contributed by atoms with E-state index in [1.54, 1.807) is 0 Å². The van der Waals surface area contributed by atoms with E-state index in [1.165, 1.54) is 0 Å². The Morgan fingerprint density at radius 1 is 0.537 bits per heavy atom. The minimum absolute atomic E-state index is 0.498. The van der Waals surface area contributed by atoms with E-state index in [4.69, 9.17) is 25.9 Å². The third-order valence-corrected chi connectivity index (χ3v) is 9.90. The molecule has 0 spiro atoms. The Labute approximate surface area is 309 Å². The van der Waals surface area contributed by atoms with Crippen molar-refractivity contribution in [2.24, 2.45) is 0 Å². The van der Waals surface area contributed by atoms with E-state index in [0.717, 1.165) is 77.2 Å². The van der Waals surface area contributed by atoms with Crippen LogP contribution in [-0.2, 0) is 0 Å². The van der Waals surface area contributed by atoms with Crippen molar-refractivity contribution < 1.29 is 4.42 Å². The first-order chi connectivity index (χ1) is 26.7. The van der Waals surface area contributed by atoms with Gasteiger partial charge in [0.05, 0.1) is 34.9 Å². The molecule has 0 aliphatic heterocycles. The van der Waals surface area contributed by atoms with Crippen LogP contribution in [-0.4, -0.2) is 19.5 Å². The lowest BCUT2D eigenvalue weighted by molar-refractivity contribution is 0.670. The lowest BCUT2D eigenvalue weighted by atomic mass is 9.98. The van der Waals surface area contributed by atoms with Crippen LogP contribution in [0.5, 0.6) is 0 Å². The molecule has 0 amide bonds. The molecule has 0 atom stereocenters. The van der Waals surface area contributed by atoms with Crippen LogP contribution >= 0.6 is 0 Å². The van der Waals surface area contributed by atoms with E-state index in [1.807, 2.05) is 115 Å². The second-order valence-corrected chi connectivity index (χ2v) is 13.0. The summed E-state index contributed by atoms with van der Waals surface area (Å²) in [6, 6.07) is 54.2. The van der Waals surface area contributed by atoms with Crippen molar-refractivity contribution >= 4 is 49.4 Å². The minimum atomic E-state index is 0.498. The van der Waals surface area contributed by atoms with Gasteiger partial charge in [0.1, 0.15) is 11.2 Å². The van der Waals surface area contributed by atoms with Gasteiger partial charge in [0.25, 0.3) is 0 Å². The fourth-order valence-electron chi connectivity index (χ4n) is 7.39. The van der Waals surface area contributed by atoms with Crippen LogP contribution in [0.1, 0.15) is 5.56 Å². The quantitative estimate of drug-likeness (QED) is 0.168. The number of hydrogen-bond acceptors (Lipinski definition) is 5. The maximum atomic E-state index is 9.85. The second kappa shape index (κ2) is 12.4. The highest BCUT2D eigenvalue weighted by atomic mass is 16.3. The van der Waals surface area contributed by atoms with Crippen LogP contribution < -0.4 is 0 Å². The van der Waals surface area contributed by atoms with Gasteiger partial charge in [-0.05, 0) is 59.5 Å². The predicted molar refractivity (Wildman–Crippen MR) is 214 cm³/mol. The normalized spacial score (nSPS) is 11.3. The van der Waals surface area contributed by atoms with E-state index in [-0.39, 0.29) is 0 Å². The largest absolute Gasteiger partial charge is 0.455 e. The maximum Gasteiger partial charge on any atom is 0.188 e. The average Bonchev–Trinajstić information content (AvgIpc) is 3.79. The topological polar surface area (TPSA) is 84.9 Å². The molecule has 3 aromatic heterocycles. The Kier molecular flexibility index (Phi) is 7.11. The molecule has 0 bridgehead atoms. The molecule has 0 radical (unpaired) electrons. The molecule has 0 saturated carbocycles. The average molecular weight is 691 g/mol.